The molecule has 1 heterocycles. The van der Waals surface area contributed by atoms with Gasteiger partial charge in [0.15, 0.2) is 5.69 Å². The fraction of sp³-hybridized carbons (Fsp3) is 0.107. The minimum Gasteiger partial charge on any atom is -0.486 e. The van der Waals surface area contributed by atoms with Crippen LogP contribution in [0, 0.1) is 0 Å². The van der Waals surface area contributed by atoms with E-state index in [2.05, 4.69) is 4.98 Å². The van der Waals surface area contributed by atoms with E-state index in [0.717, 1.165) is 28.2 Å². The molecular weight excluding hydrogens is 414 g/mol. The number of fused-ring (bicyclic) bond motifs is 1. The molecule has 0 aliphatic rings. The van der Waals surface area contributed by atoms with E-state index in [4.69, 9.17) is 9.47 Å². The quantitative estimate of drug-likeness (QED) is 0.199. The number of hydrogen-bond acceptors (Lipinski definition) is 5. The highest BCUT2D eigenvalue weighted by molar-refractivity contribution is 6.08. The van der Waals surface area contributed by atoms with E-state index in [1.807, 2.05) is 84.9 Å². The summed E-state index contributed by atoms with van der Waals surface area (Å²) in [4.78, 5) is 29.2. The van der Waals surface area contributed by atoms with Gasteiger partial charge in [0.2, 0.25) is 5.78 Å². The second-order valence-corrected chi connectivity index (χ2v) is 7.33. The van der Waals surface area contributed by atoms with E-state index in [9.17, 15) is 9.59 Å². The van der Waals surface area contributed by atoms with Crippen LogP contribution in [0.2, 0.25) is 0 Å². The van der Waals surface area contributed by atoms with Gasteiger partial charge in [-0.15, -0.1) is 0 Å². The van der Waals surface area contributed by atoms with Crippen LogP contribution in [-0.4, -0.2) is 23.3 Å². The largest absolute Gasteiger partial charge is 0.486 e. The van der Waals surface area contributed by atoms with E-state index >= 15 is 0 Å². The molecule has 0 aliphatic heterocycles. The van der Waals surface area contributed by atoms with Crippen LogP contribution in [0.4, 0.5) is 0 Å². The highest BCUT2D eigenvalue weighted by Crippen LogP contribution is 2.28. The van der Waals surface area contributed by atoms with Crippen molar-refractivity contribution in [2.24, 2.45) is 0 Å². The topological polar surface area (TPSA) is 65.5 Å². The molecule has 0 unspecified atom stereocenters. The number of aromatic nitrogens is 1. The highest BCUT2D eigenvalue weighted by atomic mass is 16.5. The third kappa shape index (κ3) is 5.52. The number of hydrogen-bond donors (Lipinski definition) is 0. The minimum absolute atomic E-state index is 0.143. The summed E-state index contributed by atoms with van der Waals surface area (Å²) in [5.41, 5.74) is 3.83. The summed E-state index contributed by atoms with van der Waals surface area (Å²) < 4.78 is 10.9. The van der Waals surface area contributed by atoms with Gasteiger partial charge in [0, 0.05) is 11.5 Å². The van der Waals surface area contributed by atoms with Crippen LogP contribution < -0.4 is 4.74 Å². The fourth-order valence-corrected chi connectivity index (χ4v) is 3.39. The van der Waals surface area contributed by atoms with Crippen LogP contribution in [-0.2, 0) is 16.1 Å². The molecule has 0 aliphatic carbocycles. The number of nitrogens with zero attached hydrogens (tertiary/aromatic N) is 1. The molecular formula is C28H23NO4. The van der Waals surface area contributed by atoms with Crippen molar-refractivity contribution in [3.05, 3.63) is 108 Å². The monoisotopic (exact) mass is 437 g/mol. The zero-order valence-electron chi connectivity index (χ0n) is 18.2. The number of ketones is 1. The molecule has 3 aromatic carbocycles. The van der Waals surface area contributed by atoms with Crippen LogP contribution in [0.5, 0.6) is 5.75 Å². The molecule has 0 radical (unpaired) electrons. The van der Waals surface area contributed by atoms with Crippen LogP contribution in [0.15, 0.2) is 97.1 Å². The van der Waals surface area contributed by atoms with Crippen molar-refractivity contribution in [2.45, 2.75) is 13.5 Å². The van der Waals surface area contributed by atoms with Gasteiger partial charge in [0.05, 0.1) is 12.1 Å². The first-order valence-corrected chi connectivity index (χ1v) is 10.7. The Hall–Kier alpha value is -4.25. The molecule has 0 fully saturated rings. The van der Waals surface area contributed by atoms with Crippen LogP contribution in [0.25, 0.3) is 22.0 Å². The average Bonchev–Trinajstić information content (AvgIpc) is 2.86. The smallest absolute Gasteiger partial charge is 0.330 e. The second-order valence-electron chi connectivity index (χ2n) is 7.33. The first-order valence-electron chi connectivity index (χ1n) is 10.7. The summed E-state index contributed by atoms with van der Waals surface area (Å²) >= 11 is 0. The summed E-state index contributed by atoms with van der Waals surface area (Å²) in [6.07, 6.45) is 2.28. The summed E-state index contributed by atoms with van der Waals surface area (Å²) in [6, 6.07) is 27.4. The highest BCUT2D eigenvalue weighted by Gasteiger charge is 2.16. The predicted molar refractivity (Wildman–Crippen MR) is 128 cm³/mol. The lowest BCUT2D eigenvalue weighted by molar-refractivity contribution is -0.137. The zero-order valence-corrected chi connectivity index (χ0v) is 18.2. The molecule has 5 nitrogen and oxygen atoms in total. The molecule has 0 amide bonds. The van der Waals surface area contributed by atoms with Crippen molar-refractivity contribution < 1.29 is 19.1 Å². The maximum Gasteiger partial charge on any atom is 0.330 e. The van der Waals surface area contributed by atoms with E-state index in [1.165, 1.54) is 6.08 Å². The number of carbonyl (C=O) groups excluding carboxylic acids is 2. The summed E-state index contributed by atoms with van der Waals surface area (Å²) in [6.45, 7) is 2.23. The van der Waals surface area contributed by atoms with Gasteiger partial charge in [0.25, 0.3) is 0 Å². The lowest BCUT2D eigenvalue weighted by Gasteiger charge is -2.12. The number of ether oxygens (including phenoxy) is 2. The van der Waals surface area contributed by atoms with Crippen molar-refractivity contribution in [3.8, 4) is 16.9 Å². The first-order chi connectivity index (χ1) is 16.1. The van der Waals surface area contributed by atoms with Crippen LogP contribution in [0.3, 0.4) is 0 Å². The van der Waals surface area contributed by atoms with Gasteiger partial charge in [-0.25, -0.2) is 9.78 Å². The van der Waals surface area contributed by atoms with Gasteiger partial charge in [-0.05, 0) is 41.8 Å². The van der Waals surface area contributed by atoms with E-state index < -0.39 is 11.8 Å². The average molecular weight is 437 g/mol. The fourth-order valence-electron chi connectivity index (χ4n) is 3.39. The zero-order chi connectivity index (χ0) is 23.0. The molecule has 0 atom stereocenters. The Kier molecular flexibility index (Phi) is 6.90. The Morgan fingerprint density at radius 2 is 1.58 bits per heavy atom. The van der Waals surface area contributed by atoms with E-state index in [1.54, 1.807) is 6.92 Å². The maximum atomic E-state index is 12.9. The predicted octanol–water partition coefficient (Wildman–Crippen LogP) is 5.78. The number of rotatable bonds is 8. The molecule has 4 aromatic rings. The molecule has 0 saturated heterocycles. The molecule has 0 N–H and O–H groups in total. The minimum atomic E-state index is -0.579. The third-order valence-corrected chi connectivity index (χ3v) is 5.02. The molecule has 5 heteroatoms. The van der Waals surface area contributed by atoms with Gasteiger partial charge >= 0.3 is 5.97 Å². The van der Waals surface area contributed by atoms with Gasteiger partial charge < -0.3 is 9.47 Å². The lowest BCUT2D eigenvalue weighted by atomic mass is 10.0. The van der Waals surface area contributed by atoms with Gasteiger partial charge in [-0.2, -0.15) is 0 Å². The van der Waals surface area contributed by atoms with Crippen LogP contribution >= 0.6 is 0 Å². The Balaban J connectivity index is 1.72. The molecule has 1 aromatic heterocycles. The molecule has 0 saturated carbocycles. The van der Waals surface area contributed by atoms with Gasteiger partial charge in [0.1, 0.15) is 12.4 Å². The summed E-state index contributed by atoms with van der Waals surface area (Å²) in [5, 5.41) is 0.851. The normalized spacial score (nSPS) is 10.9. The maximum absolute atomic E-state index is 12.9. The number of benzene rings is 3. The molecule has 164 valence electrons. The Bertz CT molecular complexity index is 1300. The van der Waals surface area contributed by atoms with Crippen molar-refractivity contribution in [2.75, 3.05) is 6.61 Å². The summed E-state index contributed by atoms with van der Waals surface area (Å²) in [7, 11) is 0. The number of esters is 1. The standard InChI is InChI=1S/C28H23NO4/c1-2-32-27(31)16-15-25(30)28-26(33-19-20-9-5-3-6-10-20)18-23-14-13-22(17-24(23)29-28)21-11-7-4-8-12-21/h3-18H,2,19H2,1H3. The third-order valence-electron chi connectivity index (χ3n) is 5.02. The Labute approximate surface area is 192 Å². The lowest BCUT2D eigenvalue weighted by Crippen LogP contribution is -2.07. The molecule has 0 bridgehead atoms. The number of carbonyl (C=O) groups is 2. The molecule has 33 heavy (non-hydrogen) atoms. The van der Waals surface area contributed by atoms with Crippen molar-refractivity contribution in [1.29, 1.82) is 0 Å². The van der Waals surface area contributed by atoms with E-state index in [0.29, 0.717) is 11.3 Å². The second kappa shape index (κ2) is 10.4. The Morgan fingerprint density at radius 3 is 2.30 bits per heavy atom. The van der Waals surface area contributed by atoms with Crippen molar-refractivity contribution >= 4 is 22.7 Å². The van der Waals surface area contributed by atoms with Gasteiger partial charge in [-0.3, -0.25) is 4.79 Å². The van der Waals surface area contributed by atoms with E-state index in [-0.39, 0.29) is 18.9 Å². The number of pyridine rings is 1. The molecule has 0 spiro atoms. The van der Waals surface area contributed by atoms with Crippen molar-refractivity contribution in [3.63, 3.8) is 0 Å². The first kappa shape index (κ1) is 22.0. The summed E-state index contributed by atoms with van der Waals surface area (Å²) in [5.74, 6) is -0.653. The van der Waals surface area contributed by atoms with Crippen LogP contribution in [0.1, 0.15) is 23.0 Å². The Morgan fingerprint density at radius 1 is 0.848 bits per heavy atom. The SMILES string of the molecule is CCOC(=O)C=CC(=O)c1nc2cc(-c3ccccc3)ccc2cc1OCc1ccccc1. The molecule has 4 rings (SSSR count). The number of allylic oxidation sites excluding steroid dienone is 1. The van der Waals surface area contributed by atoms with Crippen molar-refractivity contribution in [1.82, 2.24) is 4.98 Å². The van der Waals surface area contributed by atoms with Gasteiger partial charge in [-0.1, -0.05) is 72.8 Å².